The topological polar surface area (TPSA) is 33.4 Å². The molecule has 5 aromatic rings. The molecule has 4 aromatic heterocycles. The van der Waals surface area contributed by atoms with Gasteiger partial charge in [-0.15, -0.1) is 11.3 Å². The maximum absolute atomic E-state index is 4.70. The molecule has 5 heterocycles. The minimum Gasteiger partial charge on any atom is -0.306 e. The molecule has 1 aliphatic rings. The molecule has 6 rings (SSSR count). The molecule has 0 bridgehead atoms. The number of piperidine rings is 1. The van der Waals surface area contributed by atoms with Crippen LogP contribution in [0.25, 0.3) is 37.4 Å². The van der Waals surface area contributed by atoms with Gasteiger partial charge in [0.05, 0.1) is 21.5 Å². The number of pyridine rings is 2. The first kappa shape index (κ1) is 18.7. The Balaban J connectivity index is 1.30. The Morgan fingerprint density at radius 1 is 0.935 bits per heavy atom. The van der Waals surface area contributed by atoms with Crippen LogP contribution in [-0.2, 0) is 0 Å². The van der Waals surface area contributed by atoms with Gasteiger partial charge in [-0.1, -0.05) is 24.3 Å². The van der Waals surface area contributed by atoms with Gasteiger partial charge in [-0.05, 0) is 85.2 Å². The van der Waals surface area contributed by atoms with Gasteiger partial charge < -0.3 is 4.90 Å². The van der Waals surface area contributed by atoms with Crippen LogP contribution in [0, 0.1) is 0 Å². The molecule has 0 spiro atoms. The van der Waals surface area contributed by atoms with E-state index in [1.54, 1.807) is 11.3 Å². The molecule has 0 unspecified atom stereocenters. The molecule has 4 nitrogen and oxygen atoms in total. The predicted octanol–water partition coefficient (Wildman–Crippen LogP) is 6.09. The predicted molar refractivity (Wildman–Crippen MR) is 129 cm³/mol. The largest absolute Gasteiger partial charge is 0.306 e. The van der Waals surface area contributed by atoms with Crippen LogP contribution in [0.4, 0.5) is 0 Å². The zero-order valence-corrected chi connectivity index (χ0v) is 18.3. The van der Waals surface area contributed by atoms with E-state index in [0.29, 0.717) is 5.92 Å². The van der Waals surface area contributed by atoms with E-state index in [1.807, 2.05) is 18.6 Å². The lowest BCUT2D eigenvalue weighted by molar-refractivity contribution is 0.255. The summed E-state index contributed by atoms with van der Waals surface area (Å²) in [6, 6.07) is 17.8. The summed E-state index contributed by atoms with van der Waals surface area (Å²) in [5, 5.41) is 1.23. The number of nitrogens with zero attached hydrogens (tertiary/aromatic N) is 4. The fraction of sp³-hybridized carbons (Fsp3) is 0.231. The number of hydrogen-bond acceptors (Lipinski definition) is 4. The van der Waals surface area contributed by atoms with Gasteiger partial charge in [0.15, 0.2) is 0 Å². The van der Waals surface area contributed by atoms with Gasteiger partial charge in [0, 0.05) is 18.6 Å². The SMILES string of the molecule is CN1CCC(c2ccc(-c3ccn4c(-c5cc6ccncc6s5)cnc4c3)cc2)CC1. The van der Waals surface area contributed by atoms with Gasteiger partial charge in [-0.3, -0.25) is 9.38 Å². The highest BCUT2D eigenvalue weighted by molar-refractivity contribution is 7.22. The zero-order chi connectivity index (χ0) is 20.8. The van der Waals surface area contributed by atoms with E-state index in [4.69, 9.17) is 4.98 Å². The average Bonchev–Trinajstić information content (AvgIpc) is 3.43. The third-order valence-corrected chi connectivity index (χ3v) is 7.63. The quantitative estimate of drug-likeness (QED) is 0.351. The van der Waals surface area contributed by atoms with Gasteiger partial charge in [0.25, 0.3) is 0 Å². The smallest absolute Gasteiger partial charge is 0.137 e. The molecule has 0 atom stereocenters. The van der Waals surface area contributed by atoms with Crippen LogP contribution in [0.3, 0.4) is 0 Å². The van der Waals surface area contributed by atoms with E-state index >= 15 is 0 Å². The van der Waals surface area contributed by atoms with Gasteiger partial charge in [0.2, 0.25) is 0 Å². The van der Waals surface area contributed by atoms with E-state index in [-0.39, 0.29) is 0 Å². The molecule has 154 valence electrons. The van der Waals surface area contributed by atoms with Crippen molar-refractivity contribution in [1.82, 2.24) is 19.3 Å². The third kappa shape index (κ3) is 3.44. The van der Waals surface area contributed by atoms with Crippen LogP contribution in [0.2, 0.25) is 0 Å². The molecule has 0 saturated carbocycles. The van der Waals surface area contributed by atoms with E-state index < -0.39 is 0 Å². The number of likely N-dealkylation sites (tertiary alicyclic amines) is 1. The maximum atomic E-state index is 4.70. The van der Waals surface area contributed by atoms with Crippen LogP contribution in [0.1, 0.15) is 24.3 Å². The Kier molecular flexibility index (Phi) is 4.59. The lowest BCUT2D eigenvalue weighted by Gasteiger charge is -2.29. The number of imidazole rings is 1. The summed E-state index contributed by atoms with van der Waals surface area (Å²) in [5.74, 6) is 0.694. The van der Waals surface area contributed by atoms with Crippen molar-refractivity contribution in [1.29, 1.82) is 0 Å². The van der Waals surface area contributed by atoms with Crippen molar-refractivity contribution < 1.29 is 0 Å². The van der Waals surface area contributed by atoms with E-state index in [1.165, 1.54) is 57.6 Å². The summed E-state index contributed by atoms with van der Waals surface area (Å²) in [6.45, 7) is 2.39. The Morgan fingerprint density at radius 3 is 2.58 bits per heavy atom. The number of fused-ring (bicyclic) bond motifs is 2. The lowest BCUT2D eigenvalue weighted by atomic mass is 9.89. The van der Waals surface area contributed by atoms with Crippen molar-refractivity contribution >= 4 is 27.1 Å². The fourth-order valence-corrected chi connectivity index (χ4v) is 5.68. The Hall–Kier alpha value is -3.02. The minimum atomic E-state index is 0.694. The molecule has 1 saturated heterocycles. The molecule has 0 amide bonds. The second-order valence-corrected chi connectivity index (χ2v) is 9.59. The summed E-state index contributed by atoms with van der Waals surface area (Å²) >= 11 is 1.76. The standard InChI is InChI=1S/C26H24N4S/c1-29-11-7-20(8-12-29)18-2-4-19(5-3-18)21-9-13-30-23(16-28-26(30)15-21)24-14-22-6-10-27-17-25(22)31-24/h2-6,9-10,13-17,20H,7-8,11-12H2,1H3. The fourth-order valence-electron chi connectivity index (χ4n) is 4.64. The summed E-state index contributed by atoms with van der Waals surface area (Å²) in [4.78, 5) is 12.6. The van der Waals surface area contributed by atoms with Crippen LogP contribution >= 0.6 is 11.3 Å². The van der Waals surface area contributed by atoms with Crippen molar-refractivity contribution in [2.24, 2.45) is 0 Å². The van der Waals surface area contributed by atoms with Crippen LogP contribution in [0.5, 0.6) is 0 Å². The molecule has 0 N–H and O–H groups in total. The van der Waals surface area contributed by atoms with Crippen LogP contribution in [-0.4, -0.2) is 39.4 Å². The molecule has 1 fully saturated rings. The Bertz CT molecular complexity index is 1320. The molecule has 1 aliphatic heterocycles. The maximum Gasteiger partial charge on any atom is 0.137 e. The first-order chi connectivity index (χ1) is 15.2. The normalized spacial score (nSPS) is 15.8. The van der Waals surface area contributed by atoms with Crippen molar-refractivity contribution in [2.75, 3.05) is 20.1 Å². The second kappa shape index (κ2) is 7.59. The first-order valence-electron chi connectivity index (χ1n) is 10.8. The molecule has 31 heavy (non-hydrogen) atoms. The Morgan fingerprint density at radius 2 is 1.77 bits per heavy atom. The van der Waals surface area contributed by atoms with Crippen molar-refractivity contribution in [3.63, 3.8) is 0 Å². The first-order valence-corrected chi connectivity index (χ1v) is 11.7. The summed E-state index contributed by atoms with van der Waals surface area (Å²) in [7, 11) is 2.22. The van der Waals surface area contributed by atoms with Crippen molar-refractivity contribution in [3.05, 3.63) is 78.9 Å². The number of thiophene rings is 1. The van der Waals surface area contributed by atoms with Crippen LogP contribution < -0.4 is 0 Å². The molecular weight excluding hydrogens is 400 g/mol. The van der Waals surface area contributed by atoms with E-state index in [0.717, 1.165) is 11.3 Å². The summed E-state index contributed by atoms with van der Waals surface area (Å²) in [6.07, 6.45) is 10.4. The number of aromatic nitrogens is 3. The Labute approximate surface area is 185 Å². The monoisotopic (exact) mass is 424 g/mol. The summed E-state index contributed by atoms with van der Waals surface area (Å²) < 4.78 is 3.38. The molecular formula is C26H24N4S. The highest BCUT2D eigenvalue weighted by Crippen LogP contribution is 2.34. The average molecular weight is 425 g/mol. The lowest BCUT2D eigenvalue weighted by Crippen LogP contribution is -2.29. The van der Waals surface area contributed by atoms with Gasteiger partial charge in [0.1, 0.15) is 5.65 Å². The number of hydrogen-bond donors (Lipinski definition) is 0. The number of benzene rings is 1. The number of rotatable bonds is 3. The zero-order valence-electron chi connectivity index (χ0n) is 17.5. The van der Waals surface area contributed by atoms with Gasteiger partial charge in [-0.2, -0.15) is 0 Å². The second-order valence-electron chi connectivity index (χ2n) is 8.51. The van der Waals surface area contributed by atoms with Crippen molar-refractivity contribution in [3.8, 4) is 21.7 Å². The molecule has 0 radical (unpaired) electrons. The van der Waals surface area contributed by atoms with Gasteiger partial charge >= 0.3 is 0 Å². The minimum absolute atomic E-state index is 0.694. The van der Waals surface area contributed by atoms with Crippen molar-refractivity contribution in [2.45, 2.75) is 18.8 Å². The van der Waals surface area contributed by atoms with E-state index in [2.05, 4.69) is 76.1 Å². The molecule has 0 aliphatic carbocycles. The highest BCUT2D eigenvalue weighted by atomic mass is 32.1. The third-order valence-electron chi connectivity index (χ3n) is 6.52. The molecule has 5 heteroatoms. The van der Waals surface area contributed by atoms with Gasteiger partial charge in [-0.25, -0.2) is 4.98 Å². The molecule has 1 aromatic carbocycles. The highest BCUT2D eigenvalue weighted by Gasteiger charge is 2.18. The van der Waals surface area contributed by atoms with E-state index in [9.17, 15) is 0 Å². The van der Waals surface area contributed by atoms with Crippen LogP contribution in [0.15, 0.2) is 73.3 Å². The summed E-state index contributed by atoms with van der Waals surface area (Å²) in [5.41, 5.74) is 6.03.